The number of sulfone groups is 1. The van der Waals surface area contributed by atoms with Gasteiger partial charge in [0.05, 0.1) is 17.2 Å². The van der Waals surface area contributed by atoms with Crippen LogP contribution < -0.4 is 5.32 Å². The largest absolute Gasteiger partial charge is 0.345 e. The van der Waals surface area contributed by atoms with Crippen LogP contribution in [0.15, 0.2) is 24.3 Å². The molecule has 1 saturated heterocycles. The molecule has 1 aliphatic rings. The quantitative estimate of drug-likeness (QED) is 0.831. The number of carbonyl (C=O) groups is 1. The van der Waals surface area contributed by atoms with Gasteiger partial charge in [0.2, 0.25) is 0 Å². The summed E-state index contributed by atoms with van der Waals surface area (Å²) in [6, 6.07) is 4.93. The van der Waals surface area contributed by atoms with E-state index in [2.05, 4.69) is 20.7 Å². The number of nitrogens with one attached hydrogen (secondary N) is 1. The molecule has 1 aromatic heterocycles. The van der Waals surface area contributed by atoms with Crippen LogP contribution in [0.3, 0.4) is 0 Å². The normalized spacial score (nSPS) is 20.0. The molecular formula is C12H12FN5O3S. The number of hydrogen-bond acceptors (Lipinski definition) is 6. The van der Waals surface area contributed by atoms with Gasteiger partial charge in [0, 0.05) is 6.04 Å². The number of hydrogen-bond donors (Lipinski definition) is 1. The molecule has 116 valence electrons. The lowest BCUT2D eigenvalue weighted by Crippen LogP contribution is -2.36. The van der Waals surface area contributed by atoms with Gasteiger partial charge < -0.3 is 5.32 Å². The van der Waals surface area contributed by atoms with Crippen molar-refractivity contribution in [1.82, 2.24) is 25.5 Å². The number of carbonyl (C=O) groups excluding carboxylic acids is 1. The van der Waals surface area contributed by atoms with Gasteiger partial charge in [-0.3, -0.25) is 4.79 Å². The lowest BCUT2D eigenvalue weighted by atomic mass is 10.2. The number of amides is 1. The van der Waals surface area contributed by atoms with E-state index in [9.17, 15) is 17.6 Å². The van der Waals surface area contributed by atoms with Gasteiger partial charge >= 0.3 is 0 Å². The van der Waals surface area contributed by atoms with Crippen LogP contribution in [-0.2, 0) is 9.84 Å². The Kier molecular flexibility index (Phi) is 3.61. The minimum absolute atomic E-state index is 0.0631. The highest BCUT2D eigenvalue weighted by molar-refractivity contribution is 7.91. The van der Waals surface area contributed by atoms with Crippen LogP contribution in [-0.4, -0.2) is 52.1 Å². The number of rotatable bonds is 3. The molecule has 1 N–H and O–H groups in total. The van der Waals surface area contributed by atoms with Crippen LogP contribution in [0.2, 0.25) is 0 Å². The molecule has 8 nitrogen and oxygen atoms in total. The lowest BCUT2D eigenvalue weighted by Gasteiger charge is -2.07. The summed E-state index contributed by atoms with van der Waals surface area (Å²) in [5.41, 5.74) is 0.455. The molecular weight excluding hydrogens is 313 g/mol. The summed E-state index contributed by atoms with van der Waals surface area (Å²) < 4.78 is 35.5. The standard InChI is InChI=1S/C12H12FN5O3S/c13-8-1-3-10(4-2-8)18-16-11(15-17-18)12(19)14-9-5-6-22(20,21)7-9/h1-4,9H,5-7H2,(H,14,19)/t9-/m1/s1. The molecule has 10 heteroatoms. The van der Waals surface area contributed by atoms with Gasteiger partial charge in [0.25, 0.3) is 11.7 Å². The Morgan fingerprint density at radius 2 is 2.05 bits per heavy atom. The second-order valence-electron chi connectivity index (χ2n) is 4.95. The third kappa shape index (κ3) is 3.11. The fraction of sp³-hybridized carbons (Fsp3) is 0.333. The minimum atomic E-state index is -3.08. The molecule has 0 aliphatic carbocycles. The molecule has 1 atom stereocenters. The van der Waals surface area contributed by atoms with Gasteiger partial charge in [-0.2, -0.15) is 0 Å². The van der Waals surface area contributed by atoms with E-state index in [1.807, 2.05) is 0 Å². The molecule has 0 bridgehead atoms. The van der Waals surface area contributed by atoms with E-state index in [1.54, 1.807) is 0 Å². The van der Waals surface area contributed by atoms with Crippen molar-refractivity contribution < 1.29 is 17.6 Å². The van der Waals surface area contributed by atoms with Crippen LogP contribution in [0.25, 0.3) is 5.69 Å². The van der Waals surface area contributed by atoms with Crippen LogP contribution in [0, 0.1) is 5.82 Å². The summed E-state index contributed by atoms with van der Waals surface area (Å²) in [7, 11) is -3.08. The van der Waals surface area contributed by atoms with Gasteiger partial charge in [-0.05, 0) is 35.9 Å². The Morgan fingerprint density at radius 1 is 1.32 bits per heavy atom. The molecule has 1 amide bonds. The van der Waals surface area contributed by atoms with Crippen molar-refractivity contribution in [2.75, 3.05) is 11.5 Å². The number of benzene rings is 1. The van der Waals surface area contributed by atoms with Crippen LogP contribution >= 0.6 is 0 Å². The van der Waals surface area contributed by atoms with E-state index >= 15 is 0 Å². The molecule has 0 radical (unpaired) electrons. The maximum absolute atomic E-state index is 12.8. The molecule has 1 fully saturated rings. The fourth-order valence-electron chi connectivity index (χ4n) is 2.15. The van der Waals surface area contributed by atoms with Crippen molar-refractivity contribution in [2.45, 2.75) is 12.5 Å². The zero-order chi connectivity index (χ0) is 15.7. The summed E-state index contributed by atoms with van der Waals surface area (Å²) in [5.74, 6) is -1.17. The molecule has 1 aliphatic heterocycles. The van der Waals surface area contributed by atoms with Gasteiger partial charge in [0.15, 0.2) is 9.84 Å². The molecule has 2 aromatic rings. The van der Waals surface area contributed by atoms with Crippen molar-refractivity contribution in [3.63, 3.8) is 0 Å². The average Bonchev–Trinajstić information content (AvgIpc) is 3.06. The van der Waals surface area contributed by atoms with Gasteiger partial charge in [-0.25, -0.2) is 12.8 Å². The van der Waals surface area contributed by atoms with Crippen molar-refractivity contribution in [1.29, 1.82) is 0 Å². The summed E-state index contributed by atoms with van der Waals surface area (Å²) in [4.78, 5) is 13.1. The smallest absolute Gasteiger partial charge is 0.293 e. The Bertz CT molecular complexity index is 802. The first kappa shape index (κ1) is 14.6. The molecule has 22 heavy (non-hydrogen) atoms. The van der Waals surface area contributed by atoms with Crippen molar-refractivity contribution in [3.05, 3.63) is 35.9 Å². The van der Waals surface area contributed by atoms with Gasteiger partial charge in [0.1, 0.15) is 5.82 Å². The van der Waals surface area contributed by atoms with E-state index in [-0.39, 0.29) is 17.3 Å². The third-order valence-corrected chi connectivity index (χ3v) is 5.01. The molecule has 0 saturated carbocycles. The molecule has 0 unspecified atom stereocenters. The zero-order valence-electron chi connectivity index (χ0n) is 11.3. The average molecular weight is 325 g/mol. The van der Waals surface area contributed by atoms with Crippen molar-refractivity contribution in [2.24, 2.45) is 0 Å². The number of tetrazole rings is 1. The topological polar surface area (TPSA) is 107 Å². The van der Waals surface area contributed by atoms with Crippen LogP contribution in [0.1, 0.15) is 17.0 Å². The van der Waals surface area contributed by atoms with E-state index in [0.717, 1.165) is 4.80 Å². The monoisotopic (exact) mass is 325 g/mol. The summed E-state index contributed by atoms with van der Waals surface area (Å²) >= 11 is 0. The first-order valence-electron chi connectivity index (χ1n) is 6.50. The maximum atomic E-state index is 12.8. The Balaban J connectivity index is 1.71. The second-order valence-corrected chi connectivity index (χ2v) is 7.18. The highest BCUT2D eigenvalue weighted by atomic mass is 32.2. The minimum Gasteiger partial charge on any atom is -0.345 e. The summed E-state index contributed by atoms with van der Waals surface area (Å²) in [6.45, 7) is 0. The molecule has 0 spiro atoms. The predicted octanol–water partition coefficient (Wildman–Crippen LogP) is -0.282. The summed E-state index contributed by atoms with van der Waals surface area (Å²) in [6.07, 6.45) is 0.375. The van der Waals surface area contributed by atoms with Crippen LogP contribution in [0.4, 0.5) is 4.39 Å². The Morgan fingerprint density at radius 3 is 2.68 bits per heavy atom. The fourth-order valence-corrected chi connectivity index (χ4v) is 3.82. The number of halogens is 1. The lowest BCUT2D eigenvalue weighted by molar-refractivity contribution is 0.0930. The first-order valence-corrected chi connectivity index (χ1v) is 8.32. The SMILES string of the molecule is O=C(N[C@@H]1CCS(=O)(=O)C1)c1nnn(-c2ccc(F)cc2)n1. The van der Waals surface area contributed by atoms with Gasteiger partial charge in [-0.1, -0.05) is 0 Å². The van der Waals surface area contributed by atoms with Gasteiger partial charge in [-0.15, -0.1) is 15.0 Å². The van der Waals surface area contributed by atoms with E-state index in [1.165, 1.54) is 24.3 Å². The molecule has 1 aromatic carbocycles. The highest BCUT2D eigenvalue weighted by Crippen LogP contribution is 2.11. The van der Waals surface area contributed by atoms with Crippen molar-refractivity contribution in [3.8, 4) is 5.69 Å². The van der Waals surface area contributed by atoms with Crippen LogP contribution in [0.5, 0.6) is 0 Å². The Hall–Kier alpha value is -2.36. The second kappa shape index (κ2) is 5.44. The maximum Gasteiger partial charge on any atom is 0.293 e. The zero-order valence-corrected chi connectivity index (χ0v) is 12.1. The molecule has 2 heterocycles. The number of nitrogens with zero attached hydrogens (tertiary/aromatic N) is 4. The molecule has 3 rings (SSSR count). The van der Waals surface area contributed by atoms with E-state index in [4.69, 9.17) is 0 Å². The third-order valence-electron chi connectivity index (χ3n) is 3.24. The highest BCUT2D eigenvalue weighted by Gasteiger charge is 2.30. The van der Waals surface area contributed by atoms with E-state index in [0.29, 0.717) is 12.1 Å². The first-order chi connectivity index (χ1) is 10.4. The predicted molar refractivity (Wildman–Crippen MR) is 73.6 cm³/mol. The van der Waals surface area contributed by atoms with E-state index < -0.39 is 27.6 Å². The summed E-state index contributed by atoms with van der Waals surface area (Å²) in [5, 5.41) is 13.8. The Labute approximate surface area is 125 Å². The number of aromatic nitrogens is 4. The van der Waals surface area contributed by atoms with Crippen molar-refractivity contribution >= 4 is 15.7 Å².